The maximum Gasteiger partial charge on any atom is 0.433 e. The number of nitrogens with zero attached hydrogens (tertiary/aromatic N) is 4. The molecule has 0 spiro atoms. The van der Waals surface area contributed by atoms with Gasteiger partial charge in [-0.3, -0.25) is 4.90 Å². The van der Waals surface area contributed by atoms with Gasteiger partial charge in [-0.15, -0.1) is 0 Å². The minimum absolute atomic E-state index is 0.0836. The predicted molar refractivity (Wildman–Crippen MR) is 66.3 cm³/mol. The van der Waals surface area contributed by atoms with Crippen LogP contribution in [0.2, 0.25) is 0 Å². The number of hydrogen-bond donors (Lipinski definition) is 0. The van der Waals surface area contributed by atoms with Crippen LogP contribution >= 0.6 is 0 Å². The molecule has 1 aliphatic heterocycles. The van der Waals surface area contributed by atoms with E-state index in [-0.39, 0.29) is 25.6 Å². The van der Waals surface area contributed by atoms with Crippen molar-refractivity contribution in [3.63, 3.8) is 0 Å². The van der Waals surface area contributed by atoms with Crippen LogP contribution in [0.4, 0.5) is 32.3 Å². The zero-order valence-electron chi connectivity index (χ0n) is 11.6. The van der Waals surface area contributed by atoms with Crippen molar-refractivity contribution in [3.8, 4) is 0 Å². The minimum atomic E-state index is -4.58. The fraction of sp³-hybridized carbons (Fsp3) is 0.667. The third kappa shape index (κ3) is 4.21. The first-order valence-corrected chi connectivity index (χ1v) is 6.52. The smallest absolute Gasteiger partial charge is 0.338 e. The SMILES string of the molecule is CC1CN(c2nccc(C(F)(F)F)n2)CCN1CC(F)(F)F. The molecule has 2 rings (SSSR count). The third-order valence-corrected chi connectivity index (χ3v) is 3.36. The Morgan fingerprint density at radius 2 is 1.86 bits per heavy atom. The second-order valence-electron chi connectivity index (χ2n) is 5.12. The van der Waals surface area contributed by atoms with Gasteiger partial charge in [0.1, 0.15) is 5.69 Å². The zero-order valence-corrected chi connectivity index (χ0v) is 11.6. The van der Waals surface area contributed by atoms with E-state index in [1.54, 1.807) is 6.92 Å². The summed E-state index contributed by atoms with van der Waals surface area (Å²) in [5.74, 6) is -0.117. The van der Waals surface area contributed by atoms with Gasteiger partial charge in [0, 0.05) is 31.9 Å². The molecule has 0 saturated carbocycles. The average molecular weight is 328 g/mol. The van der Waals surface area contributed by atoms with Gasteiger partial charge in [-0.05, 0) is 13.0 Å². The molecule has 0 amide bonds. The van der Waals surface area contributed by atoms with Gasteiger partial charge in [0.15, 0.2) is 0 Å². The first-order valence-electron chi connectivity index (χ1n) is 6.52. The molecule has 0 N–H and O–H groups in total. The molecule has 22 heavy (non-hydrogen) atoms. The number of anilines is 1. The number of piperazine rings is 1. The highest BCUT2D eigenvalue weighted by Crippen LogP contribution is 2.28. The van der Waals surface area contributed by atoms with Crippen LogP contribution in [0.15, 0.2) is 12.3 Å². The third-order valence-electron chi connectivity index (χ3n) is 3.36. The van der Waals surface area contributed by atoms with E-state index in [2.05, 4.69) is 9.97 Å². The van der Waals surface area contributed by atoms with Gasteiger partial charge in [0.2, 0.25) is 5.95 Å². The second-order valence-corrected chi connectivity index (χ2v) is 5.12. The van der Waals surface area contributed by atoms with Crippen molar-refractivity contribution in [2.45, 2.75) is 25.3 Å². The lowest BCUT2D eigenvalue weighted by atomic mass is 10.2. The summed E-state index contributed by atoms with van der Waals surface area (Å²) in [5, 5.41) is 0. The topological polar surface area (TPSA) is 32.3 Å². The molecule has 1 aromatic rings. The molecule has 1 aliphatic rings. The molecule has 124 valence electrons. The zero-order chi connectivity index (χ0) is 16.5. The van der Waals surface area contributed by atoms with Gasteiger partial charge in [-0.1, -0.05) is 0 Å². The Balaban J connectivity index is 2.07. The van der Waals surface area contributed by atoms with Crippen molar-refractivity contribution < 1.29 is 26.3 Å². The van der Waals surface area contributed by atoms with E-state index in [1.165, 1.54) is 9.80 Å². The standard InChI is InChI=1S/C12H14F6N4/c1-8-6-21(4-5-22(8)7-11(13,14)15)10-19-3-2-9(20-10)12(16,17)18/h2-3,8H,4-7H2,1H3. The van der Waals surface area contributed by atoms with Gasteiger partial charge in [-0.2, -0.15) is 26.3 Å². The molecule has 4 nitrogen and oxygen atoms in total. The van der Waals surface area contributed by atoms with Crippen LogP contribution in [0.1, 0.15) is 12.6 Å². The van der Waals surface area contributed by atoms with E-state index in [0.29, 0.717) is 0 Å². The fourth-order valence-corrected chi connectivity index (χ4v) is 2.30. The largest absolute Gasteiger partial charge is 0.433 e. The Morgan fingerprint density at radius 1 is 1.18 bits per heavy atom. The summed E-state index contributed by atoms with van der Waals surface area (Å²) in [7, 11) is 0. The summed E-state index contributed by atoms with van der Waals surface area (Å²) < 4.78 is 75.1. The Bertz CT molecular complexity index is 515. The molecule has 10 heteroatoms. The number of hydrogen-bond acceptors (Lipinski definition) is 4. The van der Waals surface area contributed by atoms with Gasteiger partial charge in [0.25, 0.3) is 0 Å². The van der Waals surface area contributed by atoms with Crippen molar-refractivity contribution in [2.75, 3.05) is 31.1 Å². The van der Waals surface area contributed by atoms with Crippen LogP contribution in [0.3, 0.4) is 0 Å². The van der Waals surface area contributed by atoms with E-state index in [4.69, 9.17) is 0 Å². The molecule has 0 radical (unpaired) electrons. The predicted octanol–water partition coefficient (Wildman–Crippen LogP) is 2.57. The van der Waals surface area contributed by atoms with Crippen molar-refractivity contribution in [2.24, 2.45) is 0 Å². The quantitative estimate of drug-likeness (QED) is 0.781. The molecule has 2 heterocycles. The Morgan fingerprint density at radius 3 is 2.41 bits per heavy atom. The molecule has 0 aliphatic carbocycles. The van der Waals surface area contributed by atoms with Crippen molar-refractivity contribution in [1.29, 1.82) is 0 Å². The number of rotatable bonds is 2. The summed E-state index contributed by atoms with van der Waals surface area (Å²) >= 11 is 0. The molecule has 1 fully saturated rings. The van der Waals surface area contributed by atoms with Gasteiger partial charge >= 0.3 is 12.4 Å². The Kier molecular flexibility index (Phi) is 4.50. The Labute approximate surface area is 122 Å². The molecule has 1 saturated heterocycles. The lowest BCUT2D eigenvalue weighted by Crippen LogP contribution is -2.54. The van der Waals surface area contributed by atoms with Crippen LogP contribution in [0.25, 0.3) is 0 Å². The number of aromatic nitrogens is 2. The lowest BCUT2D eigenvalue weighted by Gasteiger charge is -2.40. The maximum absolute atomic E-state index is 12.6. The number of halogens is 6. The highest BCUT2D eigenvalue weighted by molar-refractivity contribution is 5.32. The lowest BCUT2D eigenvalue weighted by molar-refractivity contribution is -0.151. The highest BCUT2D eigenvalue weighted by Gasteiger charge is 2.36. The van der Waals surface area contributed by atoms with Crippen LogP contribution < -0.4 is 4.90 Å². The Hall–Kier alpha value is -1.58. The summed E-state index contributed by atoms with van der Waals surface area (Å²) in [5.41, 5.74) is -1.07. The molecule has 1 aromatic heterocycles. The normalized spacial score (nSPS) is 21.2. The molecule has 0 bridgehead atoms. The van der Waals surface area contributed by atoms with Crippen LogP contribution in [0.5, 0.6) is 0 Å². The van der Waals surface area contributed by atoms with Crippen molar-refractivity contribution in [1.82, 2.24) is 14.9 Å². The van der Waals surface area contributed by atoms with Crippen molar-refractivity contribution >= 4 is 5.95 Å². The van der Waals surface area contributed by atoms with E-state index in [9.17, 15) is 26.3 Å². The maximum atomic E-state index is 12.6. The minimum Gasteiger partial charge on any atom is -0.338 e. The molecular formula is C12H14F6N4. The van der Waals surface area contributed by atoms with E-state index >= 15 is 0 Å². The van der Waals surface area contributed by atoms with E-state index in [1.807, 2.05) is 0 Å². The molecule has 0 aromatic carbocycles. The summed E-state index contributed by atoms with van der Waals surface area (Å²) in [6, 6.07) is 0.292. The fourth-order valence-electron chi connectivity index (χ4n) is 2.30. The van der Waals surface area contributed by atoms with Gasteiger partial charge in [-0.25, -0.2) is 9.97 Å². The van der Waals surface area contributed by atoms with Gasteiger partial charge < -0.3 is 4.90 Å². The number of alkyl halides is 6. The highest BCUT2D eigenvalue weighted by atomic mass is 19.4. The summed E-state index contributed by atoms with van der Waals surface area (Å²) in [6.07, 6.45) is -7.89. The van der Waals surface area contributed by atoms with Crippen LogP contribution in [0, 0.1) is 0 Å². The summed E-state index contributed by atoms with van der Waals surface area (Å²) in [6.45, 7) is 0.913. The first-order chi connectivity index (χ1) is 10.1. The summed E-state index contributed by atoms with van der Waals surface area (Å²) in [4.78, 5) is 9.94. The first kappa shape index (κ1) is 16.8. The van der Waals surface area contributed by atoms with Crippen LogP contribution in [-0.2, 0) is 6.18 Å². The van der Waals surface area contributed by atoms with Gasteiger partial charge in [0.05, 0.1) is 6.54 Å². The van der Waals surface area contributed by atoms with Crippen LogP contribution in [-0.4, -0.2) is 53.3 Å². The molecule has 1 atom stereocenters. The van der Waals surface area contributed by atoms with Crippen molar-refractivity contribution in [3.05, 3.63) is 18.0 Å². The molecular weight excluding hydrogens is 314 g/mol. The monoisotopic (exact) mass is 328 g/mol. The second kappa shape index (κ2) is 5.90. The van der Waals surface area contributed by atoms with E-state index in [0.717, 1.165) is 12.3 Å². The average Bonchev–Trinajstić information content (AvgIpc) is 2.39. The van der Waals surface area contributed by atoms with E-state index < -0.39 is 30.6 Å². The molecule has 1 unspecified atom stereocenters.